The van der Waals surface area contributed by atoms with Crippen molar-refractivity contribution in [3.8, 4) is 0 Å². The Kier molecular flexibility index (Phi) is 2.27. The number of benzene rings is 1. The van der Waals surface area contributed by atoms with Gasteiger partial charge in [-0.1, -0.05) is 0 Å². The van der Waals surface area contributed by atoms with Crippen molar-refractivity contribution in [2.45, 2.75) is 30.5 Å². The van der Waals surface area contributed by atoms with E-state index in [0.29, 0.717) is 24.0 Å². The monoisotopic (exact) mass is 274 g/mol. The van der Waals surface area contributed by atoms with Gasteiger partial charge in [0.1, 0.15) is 0 Å². The van der Waals surface area contributed by atoms with E-state index in [1.165, 1.54) is 14.2 Å². The number of carbonyl (C=O) groups excluding carboxylic acids is 2. The number of esters is 2. The second-order valence-electron chi connectivity index (χ2n) is 5.52. The number of rotatable bonds is 2. The molecule has 5 nitrogen and oxygen atoms in total. The van der Waals surface area contributed by atoms with Gasteiger partial charge in [0.05, 0.1) is 37.6 Å². The first-order valence-corrected chi connectivity index (χ1v) is 6.65. The largest absolute Gasteiger partial charge is 0.465 e. The van der Waals surface area contributed by atoms with Gasteiger partial charge in [0.2, 0.25) is 0 Å². The number of methoxy groups -OCH3 is 2. The van der Waals surface area contributed by atoms with Gasteiger partial charge in [0.15, 0.2) is 0 Å². The van der Waals surface area contributed by atoms with Gasteiger partial charge in [-0.2, -0.15) is 0 Å². The van der Waals surface area contributed by atoms with Crippen molar-refractivity contribution in [3.05, 3.63) is 34.4 Å². The summed E-state index contributed by atoms with van der Waals surface area (Å²) in [5.41, 5.74) is 2.81. The maximum atomic E-state index is 11.9. The SMILES string of the molecule is COC(=O)c1cc2c(cc1C(=O)OC)[C@@H]1C[C@H]2[C@H]2O[C@H]21. The van der Waals surface area contributed by atoms with Gasteiger partial charge in [-0.25, -0.2) is 9.59 Å². The molecule has 0 N–H and O–H groups in total. The van der Waals surface area contributed by atoms with Crippen molar-refractivity contribution in [3.63, 3.8) is 0 Å². The van der Waals surface area contributed by atoms with Gasteiger partial charge in [0.25, 0.3) is 0 Å². The zero-order chi connectivity index (χ0) is 14.0. The molecule has 0 unspecified atom stereocenters. The van der Waals surface area contributed by atoms with Gasteiger partial charge in [-0.05, 0) is 29.7 Å². The predicted octanol–water partition coefficient (Wildman–Crippen LogP) is 1.61. The van der Waals surface area contributed by atoms with Crippen molar-refractivity contribution in [1.82, 2.24) is 0 Å². The van der Waals surface area contributed by atoms with E-state index in [0.717, 1.165) is 17.5 Å². The molecular formula is C15H14O5. The lowest BCUT2D eigenvalue weighted by molar-refractivity contribution is 0.0555. The molecule has 4 rings (SSSR count). The van der Waals surface area contributed by atoms with Crippen LogP contribution in [-0.4, -0.2) is 38.4 Å². The van der Waals surface area contributed by atoms with E-state index in [-0.39, 0.29) is 11.1 Å². The van der Waals surface area contributed by atoms with E-state index in [1.54, 1.807) is 12.1 Å². The summed E-state index contributed by atoms with van der Waals surface area (Å²) >= 11 is 0. The van der Waals surface area contributed by atoms with Crippen LogP contribution in [-0.2, 0) is 14.2 Å². The third kappa shape index (κ3) is 1.36. The van der Waals surface area contributed by atoms with E-state index in [1.807, 2.05) is 0 Å². The highest BCUT2D eigenvalue weighted by atomic mass is 16.6. The minimum absolute atomic E-state index is 0.280. The van der Waals surface area contributed by atoms with Crippen molar-refractivity contribution in [2.75, 3.05) is 14.2 Å². The summed E-state index contributed by atoms with van der Waals surface area (Å²) in [6.45, 7) is 0. The van der Waals surface area contributed by atoms with E-state index in [9.17, 15) is 9.59 Å². The Balaban J connectivity index is 1.87. The molecule has 1 saturated heterocycles. The first-order chi connectivity index (χ1) is 9.65. The molecule has 1 aromatic carbocycles. The standard InChI is InChI=1S/C15H14O5/c1-18-14(16)10-3-6-7(4-11(10)15(17)19-2)9-5-8(6)12-13(9)20-12/h3-4,8-9,12-13H,5H2,1-2H3/t8-,9+,12-,13+. The molecule has 2 bridgehead atoms. The summed E-state index contributed by atoms with van der Waals surface area (Å²) in [6, 6.07) is 3.58. The van der Waals surface area contributed by atoms with E-state index in [2.05, 4.69) is 0 Å². The lowest BCUT2D eigenvalue weighted by atomic mass is 9.88. The van der Waals surface area contributed by atoms with Crippen LogP contribution < -0.4 is 0 Å². The molecule has 1 aromatic rings. The van der Waals surface area contributed by atoms with Crippen LogP contribution in [0.3, 0.4) is 0 Å². The summed E-state index contributed by atoms with van der Waals surface area (Å²) in [4.78, 5) is 23.8. The highest BCUT2D eigenvalue weighted by Gasteiger charge is 2.62. The summed E-state index contributed by atoms with van der Waals surface area (Å²) in [5.74, 6) is -0.307. The van der Waals surface area contributed by atoms with Crippen LogP contribution in [0.5, 0.6) is 0 Å². The third-order valence-corrected chi connectivity index (χ3v) is 4.70. The van der Waals surface area contributed by atoms with Crippen molar-refractivity contribution >= 4 is 11.9 Å². The van der Waals surface area contributed by atoms with Crippen LogP contribution in [0, 0.1) is 0 Å². The zero-order valence-corrected chi connectivity index (χ0v) is 11.2. The Labute approximate surface area is 115 Å². The number of fused-ring (bicyclic) bond motifs is 8. The average molecular weight is 274 g/mol. The highest BCUT2D eigenvalue weighted by Crippen LogP contribution is 2.62. The van der Waals surface area contributed by atoms with Crippen LogP contribution in [0.1, 0.15) is 50.1 Å². The van der Waals surface area contributed by atoms with Crippen LogP contribution in [0.15, 0.2) is 12.1 Å². The average Bonchev–Trinajstić information content (AvgIpc) is 3.10. The first kappa shape index (κ1) is 11.9. The second-order valence-corrected chi connectivity index (χ2v) is 5.52. The molecule has 1 heterocycles. The molecule has 1 saturated carbocycles. The van der Waals surface area contributed by atoms with Crippen LogP contribution >= 0.6 is 0 Å². The molecular weight excluding hydrogens is 260 g/mol. The molecule has 20 heavy (non-hydrogen) atoms. The number of carbonyl (C=O) groups is 2. The van der Waals surface area contributed by atoms with Crippen LogP contribution in [0.25, 0.3) is 0 Å². The molecule has 104 valence electrons. The molecule has 4 atom stereocenters. The first-order valence-electron chi connectivity index (χ1n) is 6.65. The maximum absolute atomic E-state index is 11.9. The molecule has 1 aliphatic heterocycles. The van der Waals surface area contributed by atoms with Crippen molar-refractivity contribution < 1.29 is 23.8 Å². The molecule has 0 spiro atoms. The summed E-state index contributed by atoms with van der Waals surface area (Å²) in [5, 5.41) is 0. The van der Waals surface area contributed by atoms with Gasteiger partial charge >= 0.3 is 11.9 Å². The number of hydrogen-bond donors (Lipinski definition) is 0. The Hall–Kier alpha value is -1.88. The van der Waals surface area contributed by atoms with Gasteiger partial charge in [-0.15, -0.1) is 0 Å². The molecule has 0 radical (unpaired) electrons. The molecule has 5 heteroatoms. The lowest BCUT2D eigenvalue weighted by Crippen LogP contribution is -2.16. The topological polar surface area (TPSA) is 65.1 Å². The fourth-order valence-electron chi connectivity index (χ4n) is 3.77. The number of epoxide rings is 1. The van der Waals surface area contributed by atoms with Crippen LogP contribution in [0.2, 0.25) is 0 Å². The smallest absolute Gasteiger partial charge is 0.338 e. The van der Waals surface area contributed by atoms with E-state index >= 15 is 0 Å². The molecule has 0 aromatic heterocycles. The normalized spacial score (nSPS) is 31.5. The second kappa shape index (κ2) is 3.82. The molecule has 2 fully saturated rings. The predicted molar refractivity (Wildman–Crippen MR) is 67.9 cm³/mol. The fraction of sp³-hybridized carbons (Fsp3) is 0.467. The van der Waals surface area contributed by atoms with Crippen molar-refractivity contribution in [1.29, 1.82) is 0 Å². The third-order valence-electron chi connectivity index (χ3n) is 4.70. The van der Waals surface area contributed by atoms with Gasteiger partial charge in [0, 0.05) is 11.8 Å². The maximum Gasteiger partial charge on any atom is 0.338 e. The number of hydrogen-bond acceptors (Lipinski definition) is 5. The molecule has 0 amide bonds. The summed E-state index contributed by atoms with van der Waals surface area (Å²) < 4.78 is 15.2. The lowest BCUT2D eigenvalue weighted by Gasteiger charge is -2.15. The summed E-state index contributed by atoms with van der Waals surface area (Å²) in [6.07, 6.45) is 1.67. The van der Waals surface area contributed by atoms with E-state index in [4.69, 9.17) is 14.2 Å². The van der Waals surface area contributed by atoms with Crippen LogP contribution in [0.4, 0.5) is 0 Å². The highest BCUT2D eigenvalue weighted by molar-refractivity contribution is 6.03. The van der Waals surface area contributed by atoms with Gasteiger partial charge in [-0.3, -0.25) is 0 Å². The Bertz CT molecular complexity index is 582. The quantitative estimate of drug-likeness (QED) is 0.605. The Morgan fingerprint density at radius 1 is 1.00 bits per heavy atom. The van der Waals surface area contributed by atoms with Gasteiger partial charge < -0.3 is 14.2 Å². The van der Waals surface area contributed by atoms with Crippen molar-refractivity contribution in [2.24, 2.45) is 0 Å². The molecule has 2 aliphatic carbocycles. The zero-order valence-electron chi connectivity index (χ0n) is 11.2. The minimum Gasteiger partial charge on any atom is -0.465 e. The fourth-order valence-corrected chi connectivity index (χ4v) is 3.77. The Morgan fingerprint density at radius 3 is 1.85 bits per heavy atom. The minimum atomic E-state index is -0.510. The summed E-state index contributed by atoms with van der Waals surface area (Å²) in [7, 11) is 2.62. The molecule has 3 aliphatic rings. The Morgan fingerprint density at radius 2 is 1.45 bits per heavy atom. The number of ether oxygens (including phenoxy) is 3. The van der Waals surface area contributed by atoms with E-state index < -0.39 is 11.9 Å².